The van der Waals surface area contributed by atoms with Crippen LogP contribution in [0, 0.1) is 0 Å². The Morgan fingerprint density at radius 1 is 1.29 bits per heavy atom. The zero-order valence-electron chi connectivity index (χ0n) is 9.60. The number of aromatic nitrogens is 2. The molecule has 0 bridgehead atoms. The number of amides is 1. The van der Waals surface area contributed by atoms with E-state index in [0.717, 1.165) is 49.2 Å². The number of nitrogens with one attached hydrogen (secondary N) is 1. The van der Waals surface area contributed by atoms with E-state index in [-0.39, 0.29) is 0 Å². The Bertz CT molecular complexity index is 493. The van der Waals surface area contributed by atoms with Crippen molar-refractivity contribution >= 4 is 17.4 Å². The van der Waals surface area contributed by atoms with Crippen LogP contribution in [0.4, 0.5) is 0 Å². The molecule has 1 aliphatic heterocycles. The molecule has 88 valence electrons. The van der Waals surface area contributed by atoms with Gasteiger partial charge in [-0.1, -0.05) is 12.1 Å². The predicted molar refractivity (Wildman–Crippen MR) is 65.7 cm³/mol. The number of aromatic amines is 1. The summed E-state index contributed by atoms with van der Waals surface area (Å²) in [4.78, 5) is 20.5. The summed E-state index contributed by atoms with van der Waals surface area (Å²) in [5, 5.41) is 0. The van der Waals surface area contributed by atoms with Crippen molar-refractivity contribution in [1.82, 2.24) is 14.9 Å². The normalized spacial score (nSPS) is 17.5. The Morgan fingerprint density at radius 3 is 2.76 bits per heavy atom. The van der Waals surface area contributed by atoms with Gasteiger partial charge in [0.05, 0.1) is 11.0 Å². The molecule has 0 radical (unpaired) electrons. The molecule has 17 heavy (non-hydrogen) atoms. The number of carbonyl (C=O) groups is 1. The summed E-state index contributed by atoms with van der Waals surface area (Å²) in [6.07, 6.45) is 2.94. The van der Waals surface area contributed by atoms with Crippen molar-refractivity contribution in [3.63, 3.8) is 0 Å². The van der Waals surface area contributed by atoms with Gasteiger partial charge in [0.2, 0.25) is 6.41 Å². The Morgan fingerprint density at radius 2 is 2.06 bits per heavy atom. The first kappa shape index (κ1) is 10.3. The van der Waals surface area contributed by atoms with E-state index in [2.05, 4.69) is 9.97 Å². The van der Waals surface area contributed by atoms with E-state index in [9.17, 15) is 4.79 Å². The summed E-state index contributed by atoms with van der Waals surface area (Å²) >= 11 is 0. The second kappa shape index (κ2) is 4.20. The fourth-order valence-corrected chi connectivity index (χ4v) is 2.44. The molecule has 0 aliphatic carbocycles. The van der Waals surface area contributed by atoms with E-state index < -0.39 is 0 Å². The quantitative estimate of drug-likeness (QED) is 0.799. The molecule has 1 aromatic heterocycles. The molecule has 4 nitrogen and oxygen atoms in total. The molecule has 2 heterocycles. The van der Waals surface area contributed by atoms with Gasteiger partial charge in [0.1, 0.15) is 5.82 Å². The molecular weight excluding hydrogens is 214 g/mol. The maximum Gasteiger partial charge on any atom is 0.209 e. The molecule has 1 aliphatic rings. The summed E-state index contributed by atoms with van der Waals surface area (Å²) in [7, 11) is 0. The van der Waals surface area contributed by atoms with Crippen LogP contribution in [0.25, 0.3) is 11.0 Å². The van der Waals surface area contributed by atoms with Crippen LogP contribution in [-0.2, 0) is 4.79 Å². The summed E-state index contributed by atoms with van der Waals surface area (Å²) in [6.45, 7) is 1.68. The van der Waals surface area contributed by atoms with Crippen LogP contribution < -0.4 is 0 Å². The van der Waals surface area contributed by atoms with Gasteiger partial charge in [0, 0.05) is 19.0 Å². The van der Waals surface area contributed by atoms with Gasteiger partial charge in [-0.3, -0.25) is 4.79 Å². The van der Waals surface area contributed by atoms with E-state index >= 15 is 0 Å². The number of fused-ring (bicyclic) bond motifs is 1. The maximum absolute atomic E-state index is 10.6. The van der Waals surface area contributed by atoms with E-state index in [4.69, 9.17) is 0 Å². The number of rotatable bonds is 2. The molecule has 1 fully saturated rings. The second-order valence-electron chi connectivity index (χ2n) is 4.55. The number of hydrogen-bond acceptors (Lipinski definition) is 2. The summed E-state index contributed by atoms with van der Waals surface area (Å²) in [6, 6.07) is 8.09. The molecular formula is C13H15N3O. The molecule has 2 aromatic rings. The fraction of sp³-hybridized carbons (Fsp3) is 0.385. The average molecular weight is 229 g/mol. The Balaban J connectivity index is 1.82. The van der Waals surface area contributed by atoms with Crippen molar-refractivity contribution in [2.24, 2.45) is 0 Å². The van der Waals surface area contributed by atoms with Gasteiger partial charge in [-0.25, -0.2) is 4.98 Å². The minimum atomic E-state index is 0.457. The van der Waals surface area contributed by atoms with Crippen LogP contribution in [0.1, 0.15) is 24.6 Å². The first-order valence-electron chi connectivity index (χ1n) is 6.01. The molecule has 4 heteroatoms. The summed E-state index contributed by atoms with van der Waals surface area (Å²) in [5.41, 5.74) is 2.13. The third-order valence-electron chi connectivity index (χ3n) is 3.47. The molecule has 1 N–H and O–H groups in total. The second-order valence-corrected chi connectivity index (χ2v) is 4.55. The van der Waals surface area contributed by atoms with E-state index in [1.165, 1.54) is 0 Å². The van der Waals surface area contributed by atoms with Crippen LogP contribution in [0.2, 0.25) is 0 Å². The van der Waals surface area contributed by atoms with Crippen LogP contribution in [0.15, 0.2) is 24.3 Å². The number of hydrogen-bond donors (Lipinski definition) is 1. The first-order valence-corrected chi connectivity index (χ1v) is 6.01. The Kier molecular flexibility index (Phi) is 2.55. The van der Waals surface area contributed by atoms with Gasteiger partial charge < -0.3 is 9.88 Å². The minimum Gasteiger partial charge on any atom is -0.345 e. The summed E-state index contributed by atoms with van der Waals surface area (Å²) < 4.78 is 0. The number of carbonyl (C=O) groups excluding carboxylic acids is 1. The number of benzene rings is 1. The lowest BCUT2D eigenvalue weighted by molar-refractivity contribution is -0.119. The Labute approximate surface area is 99.6 Å². The summed E-state index contributed by atoms with van der Waals surface area (Å²) in [5.74, 6) is 1.52. The topological polar surface area (TPSA) is 49.0 Å². The van der Waals surface area contributed by atoms with Crippen molar-refractivity contribution in [2.45, 2.75) is 18.8 Å². The Hall–Kier alpha value is -1.84. The predicted octanol–water partition coefficient (Wildman–Crippen LogP) is 1.90. The smallest absolute Gasteiger partial charge is 0.209 e. The van der Waals surface area contributed by atoms with E-state index in [1.807, 2.05) is 29.2 Å². The number of imidazole rings is 1. The largest absolute Gasteiger partial charge is 0.345 e. The SMILES string of the molecule is O=CN1CCC(c2nc3ccccc3[nH]2)CC1. The highest BCUT2D eigenvalue weighted by atomic mass is 16.1. The molecule has 0 unspecified atom stereocenters. The van der Waals surface area contributed by atoms with Crippen LogP contribution in [-0.4, -0.2) is 34.4 Å². The van der Waals surface area contributed by atoms with E-state index in [0.29, 0.717) is 5.92 Å². The van der Waals surface area contributed by atoms with Gasteiger partial charge in [-0.2, -0.15) is 0 Å². The molecule has 3 rings (SSSR count). The lowest BCUT2D eigenvalue weighted by atomic mass is 9.96. The molecule has 1 aromatic carbocycles. The van der Waals surface area contributed by atoms with E-state index in [1.54, 1.807) is 0 Å². The van der Waals surface area contributed by atoms with Crippen LogP contribution >= 0.6 is 0 Å². The molecule has 0 spiro atoms. The van der Waals surface area contributed by atoms with Crippen molar-refractivity contribution in [3.8, 4) is 0 Å². The number of para-hydroxylation sites is 2. The van der Waals surface area contributed by atoms with Gasteiger partial charge in [0.25, 0.3) is 0 Å². The van der Waals surface area contributed by atoms with Crippen LogP contribution in [0.5, 0.6) is 0 Å². The van der Waals surface area contributed by atoms with Crippen molar-refractivity contribution in [2.75, 3.05) is 13.1 Å². The number of nitrogens with zero attached hydrogens (tertiary/aromatic N) is 2. The van der Waals surface area contributed by atoms with Crippen LogP contribution in [0.3, 0.4) is 0 Å². The van der Waals surface area contributed by atoms with Crippen molar-refractivity contribution in [1.29, 1.82) is 0 Å². The zero-order valence-corrected chi connectivity index (χ0v) is 9.60. The average Bonchev–Trinajstić information content (AvgIpc) is 2.82. The fourth-order valence-electron chi connectivity index (χ4n) is 2.44. The van der Waals surface area contributed by atoms with Gasteiger partial charge >= 0.3 is 0 Å². The van der Waals surface area contributed by atoms with Gasteiger partial charge in [-0.05, 0) is 25.0 Å². The minimum absolute atomic E-state index is 0.457. The lowest BCUT2D eigenvalue weighted by Crippen LogP contribution is -2.31. The van der Waals surface area contributed by atoms with Gasteiger partial charge in [-0.15, -0.1) is 0 Å². The third-order valence-corrected chi connectivity index (χ3v) is 3.47. The highest BCUT2D eigenvalue weighted by Crippen LogP contribution is 2.26. The highest BCUT2D eigenvalue weighted by Gasteiger charge is 2.21. The third kappa shape index (κ3) is 1.90. The van der Waals surface area contributed by atoms with Crippen molar-refractivity contribution in [3.05, 3.63) is 30.1 Å². The highest BCUT2D eigenvalue weighted by molar-refractivity contribution is 5.74. The first-order chi connectivity index (χ1) is 8.36. The molecule has 0 saturated carbocycles. The zero-order chi connectivity index (χ0) is 11.7. The van der Waals surface area contributed by atoms with Gasteiger partial charge in [0.15, 0.2) is 0 Å². The lowest BCUT2D eigenvalue weighted by Gasteiger charge is -2.27. The standard InChI is InChI=1S/C13H15N3O/c17-9-16-7-5-10(6-8-16)13-14-11-3-1-2-4-12(11)15-13/h1-4,9-10H,5-8H2,(H,14,15). The molecule has 0 atom stereocenters. The number of likely N-dealkylation sites (tertiary alicyclic amines) is 1. The molecule has 1 saturated heterocycles. The monoisotopic (exact) mass is 229 g/mol. The number of H-pyrrole nitrogens is 1. The molecule has 1 amide bonds. The maximum atomic E-state index is 10.6. The number of piperidine rings is 1. The van der Waals surface area contributed by atoms with Crippen molar-refractivity contribution < 1.29 is 4.79 Å².